The third kappa shape index (κ3) is 4.35. The standard InChI is InChI=1S/C13H15NO.C2H4O2/c1-15-13(9-14)12-8-4-6-10-5-2-3-7-11(10)12;1-2(3)4/h2-8,13H,9,14H2,1H3;1H3,(H,3,4). The Hall–Kier alpha value is -1.91. The zero-order chi connectivity index (χ0) is 14.3. The molecule has 102 valence electrons. The number of fused-ring (bicyclic) bond motifs is 1. The Morgan fingerprint density at radius 1 is 1.26 bits per heavy atom. The number of nitrogens with two attached hydrogens (primary N) is 1. The van der Waals surface area contributed by atoms with E-state index in [1.165, 1.54) is 10.8 Å². The maximum Gasteiger partial charge on any atom is 0.300 e. The number of hydrogen-bond donors (Lipinski definition) is 2. The summed E-state index contributed by atoms with van der Waals surface area (Å²) in [6, 6.07) is 14.5. The molecular weight excluding hydrogens is 242 g/mol. The average molecular weight is 261 g/mol. The minimum atomic E-state index is -0.833. The summed E-state index contributed by atoms with van der Waals surface area (Å²) in [5.41, 5.74) is 6.85. The molecule has 0 saturated heterocycles. The summed E-state index contributed by atoms with van der Waals surface area (Å²) < 4.78 is 5.37. The normalized spacial score (nSPS) is 11.5. The van der Waals surface area contributed by atoms with Crippen molar-refractivity contribution < 1.29 is 14.6 Å². The number of carboxylic acids is 1. The minimum Gasteiger partial charge on any atom is -0.481 e. The van der Waals surface area contributed by atoms with E-state index < -0.39 is 5.97 Å². The summed E-state index contributed by atoms with van der Waals surface area (Å²) in [7, 11) is 1.69. The first-order valence-corrected chi connectivity index (χ1v) is 6.00. The number of carbonyl (C=O) groups is 1. The Morgan fingerprint density at radius 3 is 2.42 bits per heavy atom. The highest BCUT2D eigenvalue weighted by Crippen LogP contribution is 2.25. The molecule has 1 atom stereocenters. The van der Waals surface area contributed by atoms with Gasteiger partial charge in [0.2, 0.25) is 0 Å². The lowest BCUT2D eigenvalue weighted by atomic mass is 10.0. The average Bonchev–Trinajstić information content (AvgIpc) is 2.40. The van der Waals surface area contributed by atoms with Gasteiger partial charge in [0.05, 0.1) is 6.10 Å². The summed E-state index contributed by atoms with van der Waals surface area (Å²) in [4.78, 5) is 9.00. The van der Waals surface area contributed by atoms with Crippen LogP contribution in [0.4, 0.5) is 0 Å². The first-order chi connectivity index (χ1) is 9.10. The fraction of sp³-hybridized carbons (Fsp3) is 0.267. The highest BCUT2D eigenvalue weighted by atomic mass is 16.5. The monoisotopic (exact) mass is 261 g/mol. The van der Waals surface area contributed by atoms with Crippen LogP contribution >= 0.6 is 0 Å². The Kier molecular flexibility index (Phi) is 5.99. The Balaban J connectivity index is 0.000000399. The minimum absolute atomic E-state index is 0.0175. The molecule has 0 spiro atoms. The van der Waals surface area contributed by atoms with Gasteiger partial charge in [-0.05, 0) is 16.3 Å². The van der Waals surface area contributed by atoms with Crippen molar-refractivity contribution in [1.82, 2.24) is 0 Å². The van der Waals surface area contributed by atoms with Crippen molar-refractivity contribution in [3.63, 3.8) is 0 Å². The van der Waals surface area contributed by atoms with Crippen LogP contribution in [0.15, 0.2) is 42.5 Å². The molecule has 1 unspecified atom stereocenters. The van der Waals surface area contributed by atoms with E-state index in [2.05, 4.69) is 24.3 Å². The zero-order valence-corrected chi connectivity index (χ0v) is 11.2. The highest BCUT2D eigenvalue weighted by Gasteiger charge is 2.10. The van der Waals surface area contributed by atoms with Crippen molar-refractivity contribution in [2.24, 2.45) is 5.73 Å². The first kappa shape index (κ1) is 15.1. The van der Waals surface area contributed by atoms with Gasteiger partial charge in [0.1, 0.15) is 0 Å². The quantitative estimate of drug-likeness (QED) is 0.890. The molecule has 2 rings (SSSR count). The van der Waals surface area contributed by atoms with Gasteiger partial charge >= 0.3 is 0 Å². The van der Waals surface area contributed by atoms with Crippen molar-refractivity contribution in [2.75, 3.05) is 13.7 Å². The largest absolute Gasteiger partial charge is 0.481 e. The molecular formula is C15H19NO3. The molecule has 4 nitrogen and oxygen atoms in total. The van der Waals surface area contributed by atoms with E-state index in [0.29, 0.717) is 6.54 Å². The molecule has 0 amide bonds. The van der Waals surface area contributed by atoms with Crippen molar-refractivity contribution in [2.45, 2.75) is 13.0 Å². The van der Waals surface area contributed by atoms with Gasteiger partial charge in [-0.25, -0.2) is 0 Å². The van der Waals surface area contributed by atoms with Crippen molar-refractivity contribution in [3.8, 4) is 0 Å². The first-order valence-electron chi connectivity index (χ1n) is 6.00. The van der Waals surface area contributed by atoms with Crippen LogP contribution in [0, 0.1) is 0 Å². The fourth-order valence-corrected chi connectivity index (χ4v) is 1.88. The van der Waals surface area contributed by atoms with Gasteiger partial charge in [0.15, 0.2) is 0 Å². The molecule has 0 saturated carbocycles. The van der Waals surface area contributed by atoms with E-state index in [9.17, 15) is 0 Å². The van der Waals surface area contributed by atoms with Crippen LogP contribution < -0.4 is 5.73 Å². The topological polar surface area (TPSA) is 72.5 Å². The van der Waals surface area contributed by atoms with E-state index in [1.54, 1.807) is 7.11 Å². The molecule has 0 aliphatic carbocycles. The molecule has 0 aliphatic rings. The molecule has 2 aromatic carbocycles. The van der Waals surface area contributed by atoms with Gasteiger partial charge in [-0.1, -0.05) is 42.5 Å². The van der Waals surface area contributed by atoms with Crippen LogP contribution in [-0.2, 0) is 9.53 Å². The number of ether oxygens (including phenoxy) is 1. The fourth-order valence-electron chi connectivity index (χ4n) is 1.88. The molecule has 2 aromatic rings. The predicted molar refractivity (Wildman–Crippen MR) is 76.1 cm³/mol. The number of methoxy groups -OCH3 is 1. The lowest BCUT2D eigenvalue weighted by molar-refractivity contribution is -0.134. The van der Waals surface area contributed by atoms with Gasteiger partial charge in [-0.15, -0.1) is 0 Å². The molecule has 0 aliphatic heterocycles. The van der Waals surface area contributed by atoms with Crippen molar-refractivity contribution in [3.05, 3.63) is 48.0 Å². The van der Waals surface area contributed by atoms with Crippen LogP contribution in [0.25, 0.3) is 10.8 Å². The maximum atomic E-state index is 9.00. The summed E-state index contributed by atoms with van der Waals surface area (Å²) in [6.45, 7) is 1.59. The third-order valence-corrected chi connectivity index (χ3v) is 2.67. The van der Waals surface area contributed by atoms with Gasteiger partial charge < -0.3 is 15.6 Å². The summed E-state index contributed by atoms with van der Waals surface area (Å²) in [5, 5.41) is 9.86. The molecule has 0 aromatic heterocycles. The number of hydrogen-bond acceptors (Lipinski definition) is 3. The summed E-state index contributed by atoms with van der Waals surface area (Å²) in [6.07, 6.45) is -0.0175. The molecule has 0 radical (unpaired) electrons. The lowest BCUT2D eigenvalue weighted by Gasteiger charge is -2.15. The number of aliphatic carboxylic acids is 1. The van der Waals surface area contributed by atoms with E-state index in [1.807, 2.05) is 18.2 Å². The number of benzene rings is 2. The second kappa shape index (κ2) is 7.51. The SMILES string of the molecule is CC(=O)O.COC(CN)c1cccc2ccccc12. The lowest BCUT2D eigenvalue weighted by Crippen LogP contribution is -2.14. The zero-order valence-electron chi connectivity index (χ0n) is 11.2. The van der Waals surface area contributed by atoms with Crippen LogP contribution in [0.2, 0.25) is 0 Å². The van der Waals surface area contributed by atoms with Crippen LogP contribution in [0.5, 0.6) is 0 Å². The van der Waals surface area contributed by atoms with Gasteiger partial charge in [-0.3, -0.25) is 4.79 Å². The number of rotatable bonds is 3. The molecule has 0 heterocycles. The van der Waals surface area contributed by atoms with Gasteiger partial charge in [0, 0.05) is 20.6 Å². The van der Waals surface area contributed by atoms with Crippen molar-refractivity contribution >= 4 is 16.7 Å². The van der Waals surface area contributed by atoms with Crippen LogP contribution in [0.1, 0.15) is 18.6 Å². The van der Waals surface area contributed by atoms with Crippen molar-refractivity contribution in [1.29, 1.82) is 0 Å². The predicted octanol–water partition coefficient (Wildman–Crippen LogP) is 2.58. The number of carboxylic acid groups (broad SMARTS) is 1. The Bertz CT molecular complexity index is 526. The van der Waals surface area contributed by atoms with Crippen LogP contribution in [0.3, 0.4) is 0 Å². The van der Waals surface area contributed by atoms with E-state index in [-0.39, 0.29) is 6.10 Å². The maximum absolute atomic E-state index is 9.00. The molecule has 3 N–H and O–H groups in total. The van der Waals surface area contributed by atoms with Crippen LogP contribution in [-0.4, -0.2) is 24.7 Å². The van der Waals surface area contributed by atoms with Gasteiger partial charge in [-0.2, -0.15) is 0 Å². The molecule has 0 fully saturated rings. The second-order valence-electron chi connectivity index (χ2n) is 4.05. The molecule has 4 heteroatoms. The second-order valence-corrected chi connectivity index (χ2v) is 4.05. The summed E-state index contributed by atoms with van der Waals surface area (Å²) in [5.74, 6) is -0.833. The van der Waals surface area contributed by atoms with E-state index in [0.717, 1.165) is 12.5 Å². The molecule has 19 heavy (non-hydrogen) atoms. The molecule has 0 bridgehead atoms. The smallest absolute Gasteiger partial charge is 0.300 e. The van der Waals surface area contributed by atoms with E-state index in [4.69, 9.17) is 20.4 Å². The Labute approximate surface area is 112 Å². The Morgan fingerprint density at radius 2 is 1.84 bits per heavy atom. The summed E-state index contributed by atoms with van der Waals surface area (Å²) >= 11 is 0. The van der Waals surface area contributed by atoms with Gasteiger partial charge in [0.25, 0.3) is 5.97 Å². The third-order valence-electron chi connectivity index (χ3n) is 2.67. The van der Waals surface area contributed by atoms with E-state index >= 15 is 0 Å². The highest BCUT2D eigenvalue weighted by molar-refractivity contribution is 5.86.